The number of carbonyl (C=O) groups is 1. The number of anilines is 1. The molecule has 6 heteroatoms. The van der Waals surface area contributed by atoms with Gasteiger partial charge in [0, 0.05) is 29.5 Å². The lowest BCUT2D eigenvalue weighted by atomic mass is 10.0. The molecule has 2 heterocycles. The summed E-state index contributed by atoms with van der Waals surface area (Å²) in [5, 5.41) is 4.01. The zero-order valence-electron chi connectivity index (χ0n) is 13.5. The molecule has 0 spiro atoms. The summed E-state index contributed by atoms with van der Waals surface area (Å²) in [6.07, 6.45) is 5.89. The maximum atomic E-state index is 12.2. The van der Waals surface area contributed by atoms with E-state index in [1.165, 1.54) is 23.4 Å². The molecule has 1 amide bonds. The van der Waals surface area contributed by atoms with Crippen molar-refractivity contribution in [2.75, 3.05) is 18.5 Å². The summed E-state index contributed by atoms with van der Waals surface area (Å²) in [5.41, 5.74) is 2.00. The van der Waals surface area contributed by atoms with Crippen LogP contribution in [0.1, 0.15) is 34.8 Å². The van der Waals surface area contributed by atoms with Crippen molar-refractivity contribution in [3.05, 3.63) is 33.8 Å². The van der Waals surface area contributed by atoms with Crippen molar-refractivity contribution in [3.63, 3.8) is 0 Å². The highest BCUT2D eigenvalue weighted by Crippen LogP contribution is 2.32. The first-order valence-corrected chi connectivity index (χ1v) is 9.26. The van der Waals surface area contributed by atoms with Crippen LogP contribution in [0.25, 0.3) is 0 Å². The second-order valence-electron chi connectivity index (χ2n) is 6.09. The van der Waals surface area contributed by atoms with Crippen molar-refractivity contribution in [1.29, 1.82) is 0 Å². The zero-order chi connectivity index (χ0) is 16.4. The van der Waals surface area contributed by atoms with Gasteiger partial charge in [-0.15, -0.1) is 11.3 Å². The Morgan fingerprint density at radius 3 is 2.88 bits per heavy atom. The van der Waals surface area contributed by atoms with Crippen LogP contribution < -0.4 is 14.8 Å². The number of thiazole rings is 1. The highest BCUT2D eigenvalue weighted by atomic mass is 32.1. The molecule has 24 heavy (non-hydrogen) atoms. The number of aromatic nitrogens is 1. The summed E-state index contributed by atoms with van der Waals surface area (Å²) in [6, 6.07) is 5.49. The minimum absolute atomic E-state index is 0.000139. The molecule has 1 aromatic carbocycles. The van der Waals surface area contributed by atoms with Gasteiger partial charge in [0.25, 0.3) is 0 Å². The monoisotopic (exact) mass is 344 g/mol. The molecular weight excluding hydrogens is 324 g/mol. The van der Waals surface area contributed by atoms with E-state index in [0.717, 1.165) is 29.3 Å². The number of carbonyl (C=O) groups excluding carboxylic acids is 1. The molecule has 0 fully saturated rings. The molecule has 0 bridgehead atoms. The highest BCUT2D eigenvalue weighted by molar-refractivity contribution is 7.11. The van der Waals surface area contributed by atoms with E-state index in [1.54, 1.807) is 11.3 Å². The van der Waals surface area contributed by atoms with Crippen LogP contribution in [0.3, 0.4) is 0 Å². The number of rotatable bonds is 4. The molecule has 1 aliphatic heterocycles. The molecule has 0 unspecified atom stereocenters. The Morgan fingerprint density at radius 2 is 2.00 bits per heavy atom. The third kappa shape index (κ3) is 3.38. The van der Waals surface area contributed by atoms with Gasteiger partial charge < -0.3 is 14.8 Å². The lowest BCUT2D eigenvalue weighted by Crippen LogP contribution is -2.16. The molecule has 2 aromatic rings. The summed E-state index contributed by atoms with van der Waals surface area (Å²) in [7, 11) is 0. The molecular formula is C18H20N2O3S. The molecule has 0 radical (unpaired) electrons. The summed E-state index contributed by atoms with van der Waals surface area (Å²) in [4.78, 5) is 18.3. The molecule has 1 aromatic heterocycles. The average molecular weight is 344 g/mol. The van der Waals surface area contributed by atoms with Gasteiger partial charge in [-0.05, 0) is 37.8 Å². The summed E-state index contributed by atoms with van der Waals surface area (Å²) in [6.45, 7) is 1.11. The van der Waals surface area contributed by atoms with Gasteiger partial charge >= 0.3 is 0 Å². The first kappa shape index (κ1) is 15.4. The van der Waals surface area contributed by atoms with Gasteiger partial charge in [0.2, 0.25) is 5.91 Å². The van der Waals surface area contributed by atoms with Gasteiger partial charge in [-0.25, -0.2) is 4.98 Å². The number of ether oxygens (including phenoxy) is 2. The topological polar surface area (TPSA) is 60.5 Å². The SMILES string of the molecule is O=C(CCc1nc2c(s1)CCCC2)Nc1ccc2c(c1)OCCO2. The van der Waals surface area contributed by atoms with Gasteiger partial charge in [0.1, 0.15) is 13.2 Å². The van der Waals surface area contributed by atoms with Crippen LogP contribution >= 0.6 is 11.3 Å². The molecule has 5 nitrogen and oxygen atoms in total. The van der Waals surface area contributed by atoms with Crippen LogP contribution in [-0.2, 0) is 24.1 Å². The van der Waals surface area contributed by atoms with Gasteiger partial charge in [-0.2, -0.15) is 0 Å². The number of hydrogen-bond acceptors (Lipinski definition) is 5. The Bertz CT molecular complexity index is 733. The van der Waals surface area contributed by atoms with Crippen molar-refractivity contribution in [2.24, 2.45) is 0 Å². The maximum Gasteiger partial charge on any atom is 0.224 e. The third-order valence-electron chi connectivity index (χ3n) is 4.28. The lowest BCUT2D eigenvalue weighted by Gasteiger charge is -2.18. The molecule has 0 saturated carbocycles. The molecule has 1 aliphatic carbocycles. The predicted molar refractivity (Wildman–Crippen MR) is 93.1 cm³/mol. The maximum absolute atomic E-state index is 12.2. The number of nitrogens with zero attached hydrogens (tertiary/aromatic N) is 1. The Morgan fingerprint density at radius 1 is 1.17 bits per heavy atom. The Kier molecular flexibility index (Phi) is 4.38. The quantitative estimate of drug-likeness (QED) is 0.924. The molecule has 4 rings (SSSR count). The van der Waals surface area contributed by atoms with Crippen LogP contribution in [-0.4, -0.2) is 24.1 Å². The first-order chi connectivity index (χ1) is 11.8. The van der Waals surface area contributed by atoms with Crippen LogP contribution in [0.4, 0.5) is 5.69 Å². The number of hydrogen-bond donors (Lipinski definition) is 1. The fourth-order valence-corrected chi connectivity index (χ4v) is 4.23. The number of nitrogens with one attached hydrogen (secondary N) is 1. The molecule has 0 saturated heterocycles. The number of amides is 1. The minimum Gasteiger partial charge on any atom is -0.486 e. The molecule has 0 atom stereocenters. The fraction of sp³-hybridized carbons (Fsp3) is 0.444. The Labute approximate surface area is 145 Å². The van der Waals surface area contributed by atoms with Gasteiger partial charge in [0.05, 0.1) is 10.7 Å². The standard InChI is InChI=1S/C18H20N2O3S/c21-17(7-8-18-20-13-3-1-2-4-16(13)24-18)19-12-5-6-14-15(11-12)23-10-9-22-14/h5-6,11H,1-4,7-10H2,(H,19,21). The summed E-state index contributed by atoms with van der Waals surface area (Å²) in [5.74, 6) is 1.42. The van der Waals surface area contributed by atoms with E-state index in [2.05, 4.69) is 10.3 Å². The van der Waals surface area contributed by atoms with Crippen molar-refractivity contribution in [1.82, 2.24) is 4.98 Å². The number of fused-ring (bicyclic) bond motifs is 2. The highest BCUT2D eigenvalue weighted by Gasteiger charge is 2.16. The van der Waals surface area contributed by atoms with Crippen molar-refractivity contribution in [3.8, 4) is 11.5 Å². The number of aryl methyl sites for hydroxylation is 3. The zero-order valence-corrected chi connectivity index (χ0v) is 14.3. The van der Waals surface area contributed by atoms with Crippen molar-refractivity contribution < 1.29 is 14.3 Å². The minimum atomic E-state index is -0.000139. The van der Waals surface area contributed by atoms with E-state index >= 15 is 0 Å². The lowest BCUT2D eigenvalue weighted by molar-refractivity contribution is -0.116. The van der Waals surface area contributed by atoms with Crippen molar-refractivity contribution >= 4 is 22.9 Å². The van der Waals surface area contributed by atoms with E-state index in [9.17, 15) is 4.79 Å². The van der Waals surface area contributed by atoms with Gasteiger partial charge in [0.15, 0.2) is 11.5 Å². The van der Waals surface area contributed by atoms with Crippen LogP contribution in [0.15, 0.2) is 18.2 Å². The van der Waals surface area contributed by atoms with Crippen LogP contribution in [0.5, 0.6) is 11.5 Å². The van der Waals surface area contributed by atoms with Gasteiger partial charge in [-0.3, -0.25) is 4.79 Å². The fourth-order valence-electron chi connectivity index (χ4n) is 3.08. The van der Waals surface area contributed by atoms with E-state index in [-0.39, 0.29) is 5.91 Å². The first-order valence-electron chi connectivity index (χ1n) is 8.45. The largest absolute Gasteiger partial charge is 0.486 e. The van der Waals surface area contributed by atoms with E-state index in [0.29, 0.717) is 31.8 Å². The Balaban J connectivity index is 1.34. The second-order valence-corrected chi connectivity index (χ2v) is 7.26. The smallest absolute Gasteiger partial charge is 0.224 e. The van der Waals surface area contributed by atoms with E-state index in [1.807, 2.05) is 18.2 Å². The molecule has 126 valence electrons. The van der Waals surface area contributed by atoms with Gasteiger partial charge in [-0.1, -0.05) is 0 Å². The number of benzene rings is 1. The summed E-state index contributed by atoms with van der Waals surface area (Å²) < 4.78 is 11.0. The summed E-state index contributed by atoms with van der Waals surface area (Å²) >= 11 is 1.77. The normalized spacial score (nSPS) is 15.7. The molecule has 1 N–H and O–H groups in total. The third-order valence-corrected chi connectivity index (χ3v) is 5.50. The second kappa shape index (κ2) is 6.81. The molecule has 2 aliphatic rings. The predicted octanol–water partition coefficient (Wildman–Crippen LogP) is 3.36. The van der Waals surface area contributed by atoms with E-state index in [4.69, 9.17) is 9.47 Å². The van der Waals surface area contributed by atoms with Crippen LogP contribution in [0, 0.1) is 0 Å². The van der Waals surface area contributed by atoms with Crippen molar-refractivity contribution in [2.45, 2.75) is 38.5 Å². The van der Waals surface area contributed by atoms with Crippen LogP contribution in [0.2, 0.25) is 0 Å². The average Bonchev–Trinajstić information content (AvgIpc) is 3.03. The Hall–Kier alpha value is -2.08. The van der Waals surface area contributed by atoms with E-state index < -0.39 is 0 Å².